The van der Waals surface area contributed by atoms with Crippen LogP contribution in [0.15, 0.2) is 0 Å². The number of aliphatic carboxylic acids is 1. The second-order valence-corrected chi connectivity index (χ2v) is 3.22. The first-order valence-electron chi connectivity index (χ1n) is 4.09. The molecule has 3 heteroatoms. The van der Waals surface area contributed by atoms with Crippen LogP contribution in [0.4, 0.5) is 0 Å². The molecule has 0 aromatic heterocycles. The summed E-state index contributed by atoms with van der Waals surface area (Å²) in [4.78, 5) is 12.7. The van der Waals surface area contributed by atoms with Crippen LogP contribution in [-0.2, 0) is 4.79 Å². The van der Waals surface area contributed by atoms with Gasteiger partial charge in [-0.25, -0.2) is 0 Å². The molecule has 1 aliphatic rings. The molecule has 0 aromatic carbocycles. The molecular weight excluding hydrogens is 142 g/mol. The lowest BCUT2D eigenvalue weighted by molar-refractivity contribution is -0.143. The van der Waals surface area contributed by atoms with Gasteiger partial charge in [0.1, 0.15) is 6.04 Å². The van der Waals surface area contributed by atoms with Crippen molar-refractivity contribution in [2.75, 3.05) is 13.6 Å². The molecule has 1 aliphatic heterocycles. The number of carbonyl (C=O) groups is 1. The van der Waals surface area contributed by atoms with Gasteiger partial charge < -0.3 is 5.11 Å². The maximum atomic E-state index is 10.7. The van der Waals surface area contributed by atoms with E-state index in [0.29, 0.717) is 5.92 Å². The van der Waals surface area contributed by atoms with E-state index in [0.717, 1.165) is 19.4 Å². The van der Waals surface area contributed by atoms with Crippen LogP contribution in [0.25, 0.3) is 0 Å². The van der Waals surface area contributed by atoms with E-state index in [1.807, 2.05) is 11.9 Å². The second-order valence-electron chi connectivity index (χ2n) is 3.22. The van der Waals surface area contributed by atoms with Crippen molar-refractivity contribution in [2.45, 2.75) is 25.8 Å². The molecule has 0 radical (unpaired) electrons. The maximum Gasteiger partial charge on any atom is 0.321 e. The first-order valence-corrected chi connectivity index (χ1v) is 4.09. The van der Waals surface area contributed by atoms with Crippen molar-refractivity contribution in [1.82, 2.24) is 4.90 Å². The highest BCUT2D eigenvalue weighted by Crippen LogP contribution is 2.25. The van der Waals surface area contributed by atoms with Gasteiger partial charge in [0.2, 0.25) is 0 Å². The van der Waals surface area contributed by atoms with Crippen LogP contribution >= 0.6 is 0 Å². The van der Waals surface area contributed by atoms with Gasteiger partial charge in [0, 0.05) is 0 Å². The van der Waals surface area contributed by atoms with E-state index in [1.165, 1.54) is 0 Å². The molecule has 1 N–H and O–H groups in total. The molecule has 0 bridgehead atoms. The van der Waals surface area contributed by atoms with Crippen molar-refractivity contribution in [3.05, 3.63) is 0 Å². The number of carboxylic acids is 1. The monoisotopic (exact) mass is 157 g/mol. The van der Waals surface area contributed by atoms with Crippen molar-refractivity contribution in [2.24, 2.45) is 5.92 Å². The zero-order valence-corrected chi connectivity index (χ0v) is 7.08. The van der Waals surface area contributed by atoms with E-state index >= 15 is 0 Å². The fourth-order valence-electron chi connectivity index (χ4n) is 1.84. The summed E-state index contributed by atoms with van der Waals surface area (Å²) in [5.74, 6) is -0.311. The fraction of sp³-hybridized carbons (Fsp3) is 0.875. The highest BCUT2D eigenvalue weighted by Gasteiger charge is 2.35. The summed E-state index contributed by atoms with van der Waals surface area (Å²) in [7, 11) is 1.88. The Hall–Kier alpha value is -0.570. The van der Waals surface area contributed by atoms with Crippen LogP contribution in [0.5, 0.6) is 0 Å². The predicted molar refractivity (Wildman–Crippen MR) is 42.5 cm³/mol. The van der Waals surface area contributed by atoms with Gasteiger partial charge >= 0.3 is 5.97 Å². The van der Waals surface area contributed by atoms with Crippen molar-refractivity contribution in [3.8, 4) is 0 Å². The third-order valence-corrected chi connectivity index (χ3v) is 2.55. The normalized spacial score (nSPS) is 32.5. The van der Waals surface area contributed by atoms with Gasteiger partial charge in [-0.3, -0.25) is 9.69 Å². The van der Waals surface area contributed by atoms with Crippen LogP contribution < -0.4 is 0 Å². The lowest BCUT2D eigenvalue weighted by Crippen LogP contribution is -2.36. The van der Waals surface area contributed by atoms with Gasteiger partial charge in [0.05, 0.1) is 0 Å². The average molecular weight is 157 g/mol. The third-order valence-electron chi connectivity index (χ3n) is 2.55. The van der Waals surface area contributed by atoms with E-state index in [2.05, 4.69) is 6.92 Å². The van der Waals surface area contributed by atoms with Crippen molar-refractivity contribution < 1.29 is 9.90 Å². The lowest BCUT2D eigenvalue weighted by atomic mass is 9.98. The Morgan fingerprint density at radius 1 is 1.73 bits per heavy atom. The average Bonchev–Trinajstić information content (AvgIpc) is 2.30. The first-order chi connectivity index (χ1) is 5.16. The molecule has 1 saturated heterocycles. The van der Waals surface area contributed by atoms with Gasteiger partial charge in [-0.1, -0.05) is 13.3 Å². The number of hydrogen-bond donors (Lipinski definition) is 1. The van der Waals surface area contributed by atoms with E-state index in [-0.39, 0.29) is 6.04 Å². The topological polar surface area (TPSA) is 40.5 Å². The highest BCUT2D eigenvalue weighted by molar-refractivity contribution is 5.74. The lowest BCUT2D eigenvalue weighted by Gasteiger charge is -2.18. The van der Waals surface area contributed by atoms with E-state index in [1.54, 1.807) is 0 Å². The fourth-order valence-corrected chi connectivity index (χ4v) is 1.84. The SMILES string of the molecule is CCC1CCN(C)C1C(=O)O. The number of nitrogens with zero attached hydrogens (tertiary/aromatic N) is 1. The number of likely N-dealkylation sites (tertiary alicyclic amines) is 1. The van der Waals surface area contributed by atoms with Gasteiger partial charge in [-0.05, 0) is 25.9 Å². The van der Waals surface area contributed by atoms with Crippen LogP contribution in [0.2, 0.25) is 0 Å². The van der Waals surface area contributed by atoms with Gasteiger partial charge in [-0.15, -0.1) is 0 Å². The van der Waals surface area contributed by atoms with Crippen LogP contribution in [0, 0.1) is 5.92 Å². The molecule has 1 rings (SSSR count). The van der Waals surface area contributed by atoms with Crippen molar-refractivity contribution >= 4 is 5.97 Å². The Bertz CT molecular complexity index is 158. The molecule has 3 nitrogen and oxygen atoms in total. The van der Waals surface area contributed by atoms with E-state index in [4.69, 9.17) is 5.11 Å². The Balaban J connectivity index is 2.63. The molecule has 0 aliphatic carbocycles. The quantitative estimate of drug-likeness (QED) is 0.644. The highest BCUT2D eigenvalue weighted by atomic mass is 16.4. The Morgan fingerprint density at radius 3 is 2.73 bits per heavy atom. The molecule has 0 spiro atoms. The van der Waals surface area contributed by atoms with E-state index < -0.39 is 5.97 Å². The molecule has 64 valence electrons. The first kappa shape index (κ1) is 8.53. The Morgan fingerprint density at radius 2 is 2.36 bits per heavy atom. The van der Waals surface area contributed by atoms with Gasteiger partial charge in [-0.2, -0.15) is 0 Å². The van der Waals surface area contributed by atoms with Crippen molar-refractivity contribution in [3.63, 3.8) is 0 Å². The van der Waals surface area contributed by atoms with E-state index in [9.17, 15) is 4.79 Å². The summed E-state index contributed by atoms with van der Waals surface area (Å²) in [6.07, 6.45) is 2.01. The minimum atomic E-state index is -0.670. The largest absolute Gasteiger partial charge is 0.480 e. The van der Waals surface area contributed by atoms with Gasteiger partial charge in [0.15, 0.2) is 0 Å². The molecule has 2 unspecified atom stereocenters. The number of rotatable bonds is 2. The number of carboxylic acid groups (broad SMARTS) is 1. The molecule has 11 heavy (non-hydrogen) atoms. The predicted octanol–water partition coefficient (Wildman–Crippen LogP) is 0.801. The zero-order valence-electron chi connectivity index (χ0n) is 7.08. The second kappa shape index (κ2) is 3.22. The summed E-state index contributed by atoms with van der Waals surface area (Å²) >= 11 is 0. The molecule has 2 atom stereocenters. The number of hydrogen-bond acceptors (Lipinski definition) is 2. The molecule has 0 saturated carbocycles. The smallest absolute Gasteiger partial charge is 0.321 e. The summed E-state index contributed by atoms with van der Waals surface area (Å²) in [6, 6.07) is -0.236. The minimum Gasteiger partial charge on any atom is -0.480 e. The van der Waals surface area contributed by atoms with Crippen LogP contribution in [0.3, 0.4) is 0 Å². The van der Waals surface area contributed by atoms with Crippen molar-refractivity contribution in [1.29, 1.82) is 0 Å². The summed E-state index contributed by atoms with van der Waals surface area (Å²) < 4.78 is 0. The minimum absolute atomic E-state index is 0.236. The summed E-state index contributed by atoms with van der Waals surface area (Å²) in [5, 5.41) is 8.84. The zero-order chi connectivity index (χ0) is 8.43. The Labute approximate surface area is 67.0 Å². The standard InChI is InChI=1S/C8H15NO2/c1-3-6-4-5-9(2)7(6)8(10)11/h6-7H,3-5H2,1-2H3,(H,10,11). The molecule has 0 aromatic rings. The van der Waals surface area contributed by atoms with Crippen LogP contribution in [0.1, 0.15) is 19.8 Å². The molecule has 1 heterocycles. The summed E-state index contributed by atoms with van der Waals surface area (Å²) in [6.45, 7) is 2.98. The van der Waals surface area contributed by atoms with Gasteiger partial charge in [0.25, 0.3) is 0 Å². The number of likely N-dealkylation sites (N-methyl/N-ethyl adjacent to an activating group) is 1. The summed E-state index contributed by atoms with van der Waals surface area (Å²) in [5.41, 5.74) is 0. The molecular formula is C8H15NO2. The van der Waals surface area contributed by atoms with Crippen LogP contribution in [-0.4, -0.2) is 35.6 Å². The molecule has 1 fully saturated rings. The molecule has 0 amide bonds. The maximum absolute atomic E-state index is 10.7. The third kappa shape index (κ3) is 1.53. The Kier molecular flexibility index (Phi) is 2.49.